The molecule has 0 bridgehead atoms. The summed E-state index contributed by atoms with van der Waals surface area (Å²) in [5.74, 6) is -1.22. The van der Waals surface area contributed by atoms with E-state index in [1.165, 1.54) is 0 Å². The lowest BCUT2D eigenvalue weighted by molar-refractivity contribution is 0.00122. The smallest absolute Gasteiger partial charge is 0.129 e. The van der Waals surface area contributed by atoms with Crippen LogP contribution < -0.4 is 4.74 Å². The van der Waals surface area contributed by atoms with Gasteiger partial charge in [-0.3, -0.25) is 0 Å². The minimum atomic E-state index is -0.831. The Bertz CT molecular complexity index is 353. The van der Waals surface area contributed by atoms with Gasteiger partial charge in [-0.05, 0) is 12.8 Å². The monoisotopic (exact) mass is 228 g/mol. The van der Waals surface area contributed by atoms with E-state index in [0.717, 1.165) is 31.0 Å². The van der Waals surface area contributed by atoms with Crippen LogP contribution >= 0.6 is 0 Å². The number of benzene rings is 1. The molecule has 2 nitrogen and oxygen atoms in total. The van der Waals surface area contributed by atoms with E-state index in [9.17, 15) is 13.9 Å². The van der Waals surface area contributed by atoms with Crippen molar-refractivity contribution in [3.63, 3.8) is 0 Å². The van der Waals surface area contributed by atoms with Crippen LogP contribution in [0.4, 0.5) is 8.78 Å². The van der Waals surface area contributed by atoms with Crippen LogP contribution in [-0.2, 0) is 0 Å². The number of hydrogen-bond donors (Lipinski definition) is 1. The van der Waals surface area contributed by atoms with Crippen molar-refractivity contribution in [1.82, 2.24) is 0 Å². The highest BCUT2D eigenvalue weighted by atomic mass is 19.1. The molecule has 88 valence electrons. The fourth-order valence-electron chi connectivity index (χ4n) is 2.01. The van der Waals surface area contributed by atoms with Crippen LogP contribution in [0.5, 0.6) is 5.75 Å². The van der Waals surface area contributed by atoms with Crippen molar-refractivity contribution < 1.29 is 18.6 Å². The second kappa shape index (κ2) is 4.37. The molecule has 0 aliphatic heterocycles. The van der Waals surface area contributed by atoms with Crippen LogP contribution in [0.2, 0.25) is 0 Å². The third kappa shape index (κ3) is 2.70. The van der Waals surface area contributed by atoms with Gasteiger partial charge >= 0.3 is 0 Å². The Morgan fingerprint density at radius 2 is 1.69 bits per heavy atom. The molecule has 0 atom stereocenters. The van der Waals surface area contributed by atoms with E-state index in [0.29, 0.717) is 12.8 Å². The topological polar surface area (TPSA) is 29.5 Å². The van der Waals surface area contributed by atoms with Crippen LogP contribution in [0.1, 0.15) is 25.7 Å². The van der Waals surface area contributed by atoms with Crippen molar-refractivity contribution in [2.45, 2.75) is 31.3 Å². The van der Waals surface area contributed by atoms with E-state index >= 15 is 0 Å². The zero-order valence-corrected chi connectivity index (χ0v) is 8.88. The highest BCUT2D eigenvalue weighted by Crippen LogP contribution is 2.30. The number of hydrogen-bond acceptors (Lipinski definition) is 2. The van der Waals surface area contributed by atoms with E-state index < -0.39 is 17.2 Å². The summed E-state index contributed by atoms with van der Waals surface area (Å²) in [6.45, 7) is 0.0931. The van der Waals surface area contributed by atoms with Crippen molar-refractivity contribution >= 4 is 0 Å². The first kappa shape index (κ1) is 11.3. The van der Waals surface area contributed by atoms with Crippen LogP contribution in [0, 0.1) is 11.6 Å². The van der Waals surface area contributed by atoms with Gasteiger partial charge in [-0.2, -0.15) is 0 Å². The highest BCUT2D eigenvalue weighted by Gasteiger charge is 2.31. The average Bonchev–Trinajstić information content (AvgIpc) is 2.62. The van der Waals surface area contributed by atoms with Gasteiger partial charge in [-0.1, -0.05) is 12.8 Å². The lowest BCUT2D eigenvalue weighted by Crippen LogP contribution is -2.32. The lowest BCUT2D eigenvalue weighted by atomic mass is 10.0. The molecule has 0 heterocycles. The van der Waals surface area contributed by atoms with E-state index in [2.05, 4.69) is 0 Å². The molecule has 1 aromatic rings. The molecule has 1 aliphatic rings. The molecule has 0 spiro atoms. The molecule has 1 aromatic carbocycles. The Kier molecular flexibility index (Phi) is 3.10. The second-order valence-electron chi connectivity index (χ2n) is 4.33. The molecule has 1 saturated carbocycles. The summed E-state index contributed by atoms with van der Waals surface area (Å²) in [6.07, 6.45) is 3.31. The second-order valence-corrected chi connectivity index (χ2v) is 4.33. The summed E-state index contributed by atoms with van der Waals surface area (Å²) >= 11 is 0. The van der Waals surface area contributed by atoms with Gasteiger partial charge in [-0.15, -0.1) is 0 Å². The van der Waals surface area contributed by atoms with Crippen LogP contribution in [0.25, 0.3) is 0 Å². The van der Waals surface area contributed by atoms with Gasteiger partial charge in [0.25, 0.3) is 0 Å². The minimum absolute atomic E-state index is 0.0931. The first-order valence-corrected chi connectivity index (χ1v) is 5.39. The summed E-state index contributed by atoms with van der Waals surface area (Å²) in [5, 5.41) is 9.98. The molecule has 16 heavy (non-hydrogen) atoms. The maximum atomic E-state index is 12.8. The molecular weight excluding hydrogens is 214 g/mol. The maximum Gasteiger partial charge on any atom is 0.129 e. The summed E-state index contributed by atoms with van der Waals surface area (Å²) in [4.78, 5) is 0. The number of aliphatic hydroxyl groups is 1. The van der Waals surface area contributed by atoms with Crippen molar-refractivity contribution in [3.8, 4) is 5.75 Å². The summed E-state index contributed by atoms with van der Waals surface area (Å²) in [5.41, 5.74) is -0.831. The molecule has 1 N–H and O–H groups in total. The quantitative estimate of drug-likeness (QED) is 0.861. The van der Waals surface area contributed by atoms with Crippen molar-refractivity contribution in [2.24, 2.45) is 0 Å². The van der Waals surface area contributed by atoms with Gasteiger partial charge in [0.2, 0.25) is 0 Å². The molecule has 0 saturated heterocycles. The van der Waals surface area contributed by atoms with E-state index in [1.807, 2.05) is 0 Å². The SMILES string of the molecule is OC1(COc2cc(F)cc(F)c2)CCCC1. The first-order chi connectivity index (χ1) is 7.57. The first-order valence-electron chi connectivity index (χ1n) is 5.39. The van der Waals surface area contributed by atoms with E-state index in [-0.39, 0.29) is 12.4 Å². The van der Waals surface area contributed by atoms with Gasteiger partial charge < -0.3 is 9.84 Å². The standard InChI is InChI=1S/C12H14F2O2/c13-9-5-10(14)7-11(6-9)16-8-12(15)3-1-2-4-12/h5-7,15H,1-4,8H2. The number of halogens is 2. The normalized spacial score (nSPS) is 18.7. The van der Waals surface area contributed by atoms with Gasteiger partial charge in [-0.25, -0.2) is 8.78 Å². The zero-order valence-electron chi connectivity index (χ0n) is 8.88. The summed E-state index contributed by atoms with van der Waals surface area (Å²) < 4.78 is 30.9. The fraction of sp³-hybridized carbons (Fsp3) is 0.500. The Hall–Kier alpha value is -1.16. The highest BCUT2D eigenvalue weighted by molar-refractivity contribution is 5.23. The molecule has 1 aliphatic carbocycles. The van der Waals surface area contributed by atoms with Crippen molar-refractivity contribution in [1.29, 1.82) is 0 Å². The molecule has 2 rings (SSSR count). The van der Waals surface area contributed by atoms with E-state index in [1.54, 1.807) is 0 Å². The Balaban J connectivity index is 1.98. The van der Waals surface area contributed by atoms with Crippen LogP contribution in [0.3, 0.4) is 0 Å². The van der Waals surface area contributed by atoms with Gasteiger partial charge in [0.1, 0.15) is 24.0 Å². The molecule has 4 heteroatoms. The number of rotatable bonds is 3. The van der Waals surface area contributed by atoms with Gasteiger partial charge in [0.15, 0.2) is 0 Å². The Labute approximate surface area is 92.9 Å². The van der Waals surface area contributed by atoms with Crippen LogP contribution in [0.15, 0.2) is 18.2 Å². The van der Waals surface area contributed by atoms with Crippen molar-refractivity contribution in [2.75, 3.05) is 6.61 Å². The Morgan fingerprint density at radius 1 is 1.12 bits per heavy atom. The largest absolute Gasteiger partial charge is 0.490 e. The van der Waals surface area contributed by atoms with Crippen LogP contribution in [-0.4, -0.2) is 17.3 Å². The van der Waals surface area contributed by atoms with E-state index in [4.69, 9.17) is 4.74 Å². The molecular formula is C12H14F2O2. The van der Waals surface area contributed by atoms with Crippen molar-refractivity contribution in [3.05, 3.63) is 29.8 Å². The van der Waals surface area contributed by atoms with Gasteiger partial charge in [0, 0.05) is 18.2 Å². The third-order valence-corrected chi connectivity index (χ3v) is 2.88. The van der Waals surface area contributed by atoms with Gasteiger partial charge in [0.05, 0.1) is 5.60 Å². The summed E-state index contributed by atoms with van der Waals surface area (Å²) in [6, 6.07) is 3.01. The lowest BCUT2D eigenvalue weighted by Gasteiger charge is -2.22. The molecule has 0 unspecified atom stereocenters. The zero-order chi connectivity index (χ0) is 11.6. The molecule has 1 fully saturated rings. The maximum absolute atomic E-state index is 12.8. The molecule has 0 radical (unpaired) electrons. The predicted molar refractivity (Wildman–Crippen MR) is 55.3 cm³/mol. The predicted octanol–water partition coefficient (Wildman–Crippen LogP) is 2.65. The average molecular weight is 228 g/mol. The number of ether oxygens (including phenoxy) is 1. The minimum Gasteiger partial charge on any atom is -0.490 e. The molecule has 0 aromatic heterocycles. The Morgan fingerprint density at radius 3 is 2.25 bits per heavy atom. The summed E-state index contributed by atoms with van der Waals surface area (Å²) in [7, 11) is 0. The third-order valence-electron chi connectivity index (χ3n) is 2.88. The molecule has 0 amide bonds. The fourth-order valence-corrected chi connectivity index (χ4v) is 2.01.